The van der Waals surface area contributed by atoms with Crippen LogP contribution in [0.15, 0.2) is 29.0 Å². The molecule has 2 saturated heterocycles. The van der Waals surface area contributed by atoms with Crippen molar-refractivity contribution in [3.63, 3.8) is 0 Å². The number of hydrogen-bond acceptors (Lipinski definition) is 22. The Morgan fingerprint density at radius 2 is 1.32 bits per heavy atom. The largest absolute Gasteiger partial charge is 0.472 e. The van der Waals surface area contributed by atoms with Gasteiger partial charge in [-0.15, -0.1) is 0 Å². The molecule has 0 spiro atoms. The molecule has 352 valence electrons. The first-order valence-corrected chi connectivity index (χ1v) is 23.6. The number of nitrogen functional groups attached to an aromatic ring is 1. The summed E-state index contributed by atoms with van der Waals surface area (Å²) in [6.45, 7) is -1.35. The number of fused-ring (bicyclic) bond motifs is 2. The average molecular weight is 987 g/mol. The van der Waals surface area contributed by atoms with E-state index in [1.807, 2.05) is 0 Å². The molecule has 0 saturated carbocycles. The van der Waals surface area contributed by atoms with Gasteiger partial charge in [-0.1, -0.05) is 16.6 Å². The molecule has 6 rings (SSSR count). The monoisotopic (exact) mass is 986 g/mol. The second-order valence-corrected chi connectivity index (χ2v) is 19.0. The van der Waals surface area contributed by atoms with Gasteiger partial charge in [0.1, 0.15) is 48.8 Å². The number of H-pyrrole nitrogens is 2. The summed E-state index contributed by atoms with van der Waals surface area (Å²) < 4.78 is 92.4. The molecular weight excluding hydrogens is 944 g/mol. The molecule has 37 heteroatoms. The van der Waals surface area contributed by atoms with Gasteiger partial charge in [0.25, 0.3) is 17.5 Å². The maximum atomic E-state index is 12.9. The van der Waals surface area contributed by atoms with Crippen LogP contribution in [0.4, 0.5) is 11.8 Å². The smallest absolute Gasteiger partial charge is 0.387 e. The number of anilines is 1. The number of aliphatic hydroxyl groups is 4. The Kier molecular flexibility index (Phi) is 14.4. The minimum Gasteiger partial charge on any atom is -0.387 e. The van der Waals surface area contributed by atoms with Crippen LogP contribution in [-0.2, 0) is 61.9 Å². The van der Waals surface area contributed by atoms with Crippen LogP contribution in [0.3, 0.4) is 0 Å². The molecule has 3 aliphatic rings. The number of guanidine groups is 1. The van der Waals surface area contributed by atoms with Crippen molar-refractivity contribution in [2.24, 2.45) is 17.8 Å². The Hall–Kier alpha value is -3.43. The molecule has 33 nitrogen and oxygen atoms in total. The quantitative estimate of drug-likeness (QED) is 0.0393. The zero-order chi connectivity index (χ0) is 46.6. The van der Waals surface area contributed by atoms with Crippen LogP contribution in [0.1, 0.15) is 18.1 Å². The summed E-state index contributed by atoms with van der Waals surface area (Å²) in [5.41, 5.74) is 11.3. The second-order valence-electron chi connectivity index (χ2n) is 13.7. The van der Waals surface area contributed by atoms with Crippen molar-refractivity contribution in [3.05, 3.63) is 35.3 Å². The fraction of sp³-hybridized carbons (Fsp3) is 0.577. The number of rotatable bonds is 19. The molecule has 6 heterocycles. The maximum absolute atomic E-state index is 12.9. The molecule has 0 radical (unpaired) electrons. The minimum absolute atomic E-state index is 0.0118. The summed E-state index contributed by atoms with van der Waals surface area (Å²) >= 11 is 0. The molecule has 0 bridgehead atoms. The maximum Gasteiger partial charge on any atom is 0.472 e. The van der Waals surface area contributed by atoms with Gasteiger partial charge >= 0.3 is 42.8 Å². The normalized spacial score (nSPS) is 28.3. The number of hydrogen-bond donors (Lipinski definition) is 15. The van der Waals surface area contributed by atoms with Crippen LogP contribution < -0.4 is 31.5 Å². The van der Waals surface area contributed by atoms with E-state index in [0.717, 1.165) is 4.57 Å². The third-order valence-electron chi connectivity index (χ3n) is 9.20. The van der Waals surface area contributed by atoms with Gasteiger partial charge in [0, 0.05) is 0 Å². The van der Waals surface area contributed by atoms with Crippen LogP contribution in [0.25, 0.3) is 16.9 Å². The molecule has 63 heavy (non-hydrogen) atoms. The lowest BCUT2D eigenvalue weighted by Crippen LogP contribution is -2.46. The number of aromatic nitrogens is 6. The molecule has 4 unspecified atom stereocenters. The SMILES string of the molecule is C=C1NC(N)=Nc2c1[nH]c[n+]2[C@@H]1OC(COP(=O)(O)OC[C@H](OP(=O)(O)O)[C@H](COP(=O)(O)OC[C@H]2OC([n+]3cn(C)c4c(=O)[nH]c(N)nc43)[C@H](O)[C@@H]2O)OP(=O)(O)O)[C@@H](O)[C@H]1O. The molecule has 3 aliphatic heterocycles. The third-order valence-corrected chi connectivity index (χ3v) is 12.2. The van der Waals surface area contributed by atoms with Crippen LogP contribution in [0.5, 0.6) is 0 Å². The number of aliphatic hydroxyl groups excluding tert-OH is 4. The van der Waals surface area contributed by atoms with Gasteiger partial charge < -0.3 is 76.0 Å². The van der Waals surface area contributed by atoms with E-state index in [4.69, 9.17) is 39.0 Å². The van der Waals surface area contributed by atoms with Gasteiger partial charge in [-0.05, 0) is 0 Å². The summed E-state index contributed by atoms with van der Waals surface area (Å²) in [4.78, 5) is 84.4. The van der Waals surface area contributed by atoms with E-state index in [9.17, 15) is 72.8 Å². The van der Waals surface area contributed by atoms with E-state index in [-0.39, 0.29) is 28.9 Å². The van der Waals surface area contributed by atoms with Crippen molar-refractivity contribution >= 4 is 65.9 Å². The first-order valence-electron chi connectivity index (χ1n) is 17.6. The molecule has 0 aromatic carbocycles. The van der Waals surface area contributed by atoms with E-state index in [0.29, 0.717) is 11.4 Å². The molecule has 2 fully saturated rings. The number of aryl methyl sites for hydroxylation is 1. The van der Waals surface area contributed by atoms with Crippen LogP contribution >= 0.6 is 31.3 Å². The molecule has 3 aromatic heterocycles. The van der Waals surface area contributed by atoms with Gasteiger partial charge in [0.05, 0.1) is 39.2 Å². The highest BCUT2D eigenvalue weighted by molar-refractivity contribution is 7.48. The number of nitrogens with one attached hydrogen (secondary N) is 3. The highest BCUT2D eigenvalue weighted by Gasteiger charge is 2.50. The highest BCUT2D eigenvalue weighted by Crippen LogP contribution is 2.50. The van der Waals surface area contributed by atoms with Crippen molar-refractivity contribution < 1.29 is 114 Å². The van der Waals surface area contributed by atoms with Crippen molar-refractivity contribution in [1.29, 1.82) is 0 Å². The predicted molar refractivity (Wildman–Crippen MR) is 200 cm³/mol. The van der Waals surface area contributed by atoms with E-state index < -0.39 is 125 Å². The van der Waals surface area contributed by atoms with Crippen molar-refractivity contribution in [3.8, 4) is 0 Å². The number of phosphoric acid groups is 4. The Bertz CT molecular complexity index is 2490. The van der Waals surface area contributed by atoms with Gasteiger partial charge in [-0.3, -0.25) is 46.5 Å². The minimum atomic E-state index is -5.73. The van der Waals surface area contributed by atoms with Crippen LogP contribution in [0.2, 0.25) is 0 Å². The Morgan fingerprint density at radius 1 is 0.825 bits per heavy atom. The van der Waals surface area contributed by atoms with Crippen LogP contribution in [0, 0.1) is 0 Å². The van der Waals surface area contributed by atoms with E-state index >= 15 is 0 Å². The summed E-state index contributed by atoms with van der Waals surface area (Å²) in [5, 5.41) is 45.4. The zero-order valence-corrected chi connectivity index (χ0v) is 35.5. The van der Waals surface area contributed by atoms with Crippen LogP contribution in [-0.4, -0.2) is 151 Å². The first kappa shape index (κ1) is 49.0. The summed E-state index contributed by atoms with van der Waals surface area (Å²) in [5.74, 6) is -0.247. The van der Waals surface area contributed by atoms with Gasteiger partial charge in [-0.25, -0.2) is 27.4 Å². The fourth-order valence-corrected chi connectivity index (χ4v) is 9.02. The standard InChI is InChI=1S/C26H40N10O23P4/c1-9-14-20(31-25(27)30-9)35(7-29-14)23-18(39)16(37)12(56-23)5-54-62(48,49)52-3-10(58-60(42,43)44)11(59-61(45,46)47)4-53-63(50,51)55-6-13-17(38)19(40)24(57-13)36-8-34(2)15-21(36)32-26(28)33-22(15)41/h7-8,10-13,16-19,23-24,37-40H,1,3-6H2,2H3,(H11-,27,28,30,31,32,33,41,42,43,44,45,46,47,48,49,50,51)/p+2/t10-,11-,12?,13+,16+,17+,18+,19+,23+,24?/m0/s1. The molecule has 0 amide bonds. The lowest BCUT2D eigenvalue weighted by atomic mass is 10.1. The van der Waals surface area contributed by atoms with Crippen molar-refractivity contribution in [1.82, 2.24) is 24.8 Å². The second kappa shape index (κ2) is 18.5. The van der Waals surface area contributed by atoms with Gasteiger partial charge in [-0.2, -0.15) is 0 Å². The van der Waals surface area contributed by atoms with Gasteiger partial charge in [0.15, 0.2) is 18.3 Å². The predicted octanol–water partition coefficient (Wildman–Crippen LogP) is -5.57. The van der Waals surface area contributed by atoms with Gasteiger partial charge in [0.2, 0.25) is 18.0 Å². The number of aliphatic imine (C=N–C) groups is 1. The van der Waals surface area contributed by atoms with E-state index in [1.54, 1.807) is 0 Å². The molecular formula is C26H42N10O23P4+2. The molecule has 0 aliphatic carbocycles. The Labute approximate surface area is 350 Å². The lowest BCUT2D eigenvalue weighted by Gasteiger charge is -2.28. The lowest BCUT2D eigenvalue weighted by molar-refractivity contribution is -0.753. The van der Waals surface area contributed by atoms with E-state index in [2.05, 4.69) is 40.9 Å². The molecule has 17 N–H and O–H groups in total. The zero-order valence-electron chi connectivity index (χ0n) is 31.9. The third kappa shape index (κ3) is 11.5. The number of phosphoric ester groups is 4. The number of aromatic amines is 2. The number of nitrogens with two attached hydrogens (primary N) is 2. The number of ether oxygens (including phenoxy) is 2. The first-order chi connectivity index (χ1) is 29.1. The van der Waals surface area contributed by atoms with E-state index in [1.165, 1.54) is 28.8 Å². The molecule has 3 aromatic rings. The topological polar surface area (TPSA) is 495 Å². The fourth-order valence-electron chi connectivity index (χ4n) is 6.44. The van der Waals surface area contributed by atoms with Crippen molar-refractivity contribution in [2.45, 2.75) is 61.3 Å². The highest BCUT2D eigenvalue weighted by atomic mass is 31.2. The summed E-state index contributed by atoms with van der Waals surface area (Å²) in [7, 11) is -20.9. The Morgan fingerprint density at radius 3 is 1.81 bits per heavy atom. The summed E-state index contributed by atoms with van der Waals surface area (Å²) in [6, 6.07) is 0. The molecule has 12 atom stereocenters. The Balaban J connectivity index is 1.08. The average Bonchev–Trinajstić information content (AvgIpc) is 3.88. The summed E-state index contributed by atoms with van der Waals surface area (Å²) in [6.07, 6.45) is -15.6. The van der Waals surface area contributed by atoms with Crippen molar-refractivity contribution in [2.75, 3.05) is 32.2 Å². The number of imidazole rings is 2. The number of nitrogens with zero attached hydrogens (tertiary/aromatic N) is 5.